The molecule has 0 aliphatic rings. The van der Waals surface area contributed by atoms with Crippen LogP contribution >= 0.6 is 0 Å². The topological polar surface area (TPSA) is 93.1 Å². The van der Waals surface area contributed by atoms with Crippen LogP contribution in [-0.2, 0) is 23.1 Å². The smallest absolute Gasteiger partial charge is 0.274 e. The molecule has 2 aromatic carbocycles. The Morgan fingerprint density at radius 2 is 1.64 bits per heavy atom. The summed E-state index contributed by atoms with van der Waals surface area (Å²) in [6, 6.07) is 14.1. The van der Waals surface area contributed by atoms with Crippen molar-refractivity contribution in [3.05, 3.63) is 64.6 Å². The van der Waals surface area contributed by atoms with Crippen molar-refractivity contribution in [2.75, 3.05) is 10.6 Å². The van der Waals surface area contributed by atoms with Crippen LogP contribution in [0.2, 0.25) is 0 Å². The van der Waals surface area contributed by atoms with E-state index in [-0.39, 0.29) is 29.7 Å². The third kappa shape index (κ3) is 4.25. The molecule has 7 nitrogen and oxygen atoms in total. The van der Waals surface area contributed by atoms with Crippen LogP contribution < -0.4 is 16.2 Å². The van der Waals surface area contributed by atoms with Gasteiger partial charge in [-0.05, 0) is 24.3 Å². The fraction of sp³-hybridized carbons (Fsp3) is 0.238. The highest BCUT2D eigenvalue weighted by Crippen LogP contribution is 2.18. The predicted molar refractivity (Wildman–Crippen MR) is 109 cm³/mol. The summed E-state index contributed by atoms with van der Waals surface area (Å²) in [6.45, 7) is 3.62. The molecular formula is C21H22N4O3. The van der Waals surface area contributed by atoms with E-state index in [0.717, 1.165) is 0 Å². The SMILES string of the molecule is CC(C)C(=O)Nc1cccc(NC(=O)Cc2nn(C)c(=O)c3ccccc23)c1. The van der Waals surface area contributed by atoms with Gasteiger partial charge in [0.15, 0.2) is 0 Å². The maximum absolute atomic E-state index is 12.5. The van der Waals surface area contributed by atoms with Crippen molar-refractivity contribution in [3.8, 4) is 0 Å². The molecule has 2 N–H and O–H groups in total. The fourth-order valence-electron chi connectivity index (χ4n) is 2.83. The van der Waals surface area contributed by atoms with Gasteiger partial charge in [0.25, 0.3) is 5.56 Å². The molecule has 0 saturated carbocycles. The molecule has 2 amide bonds. The normalized spacial score (nSPS) is 10.9. The summed E-state index contributed by atoms with van der Waals surface area (Å²) >= 11 is 0. The zero-order valence-electron chi connectivity index (χ0n) is 16.0. The third-order valence-corrected chi connectivity index (χ3v) is 4.30. The fourth-order valence-corrected chi connectivity index (χ4v) is 2.83. The lowest BCUT2D eigenvalue weighted by atomic mass is 10.1. The number of amides is 2. The van der Waals surface area contributed by atoms with Crippen molar-refractivity contribution < 1.29 is 9.59 Å². The molecular weight excluding hydrogens is 356 g/mol. The molecule has 0 radical (unpaired) electrons. The summed E-state index contributed by atoms with van der Waals surface area (Å²) < 4.78 is 1.24. The summed E-state index contributed by atoms with van der Waals surface area (Å²) in [5.74, 6) is -0.490. The number of hydrogen-bond donors (Lipinski definition) is 2. The zero-order valence-corrected chi connectivity index (χ0v) is 16.0. The first-order valence-corrected chi connectivity index (χ1v) is 9.01. The highest BCUT2D eigenvalue weighted by atomic mass is 16.2. The van der Waals surface area contributed by atoms with Crippen molar-refractivity contribution >= 4 is 34.0 Å². The van der Waals surface area contributed by atoms with E-state index in [0.29, 0.717) is 27.8 Å². The number of aryl methyl sites for hydroxylation is 1. The van der Waals surface area contributed by atoms with Gasteiger partial charge in [0.05, 0.1) is 17.5 Å². The average molecular weight is 378 g/mol. The molecule has 3 rings (SSSR count). The maximum atomic E-state index is 12.5. The summed E-state index contributed by atoms with van der Waals surface area (Å²) in [4.78, 5) is 36.6. The number of fused-ring (bicyclic) bond motifs is 1. The summed E-state index contributed by atoms with van der Waals surface area (Å²) in [6.07, 6.45) is 0.0250. The monoisotopic (exact) mass is 378 g/mol. The molecule has 144 valence electrons. The van der Waals surface area contributed by atoms with Gasteiger partial charge in [0, 0.05) is 29.7 Å². The van der Waals surface area contributed by atoms with E-state index in [2.05, 4.69) is 15.7 Å². The number of carbonyl (C=O) groups excluding carboxylic acids is 2. The second-order valence-electron chi connectivity index (χ2n) is 6.87. The van der Waals surface area contributed by atoms with Crippen LogP contribution in [0.5, 0.6) is 0 Å². The largest absolute Gasteiger partial charge is 0.326 e. The first kappa shape index (κ1) is 19.3. The van der Waals surface area contributed by atoms with Gasteiger partial charge < -0.3 is 10.6 Å². The number of nitrogens with one attached hydrogen (secondary N) is 2. The number of rotatable bonds is 5. The van der Waals surface area contributed by atoms with Crippen molar-refractivity contribution in [2.45, 2.75) is 20.3 Å². The minimum atomic E-state index is -0.261. The van der Waals surface area contributed by atoms with E-state index in [1.54, 1.807) is 49.5 Å². The highest BCUT2D eigenvalue weighted by Gasteiger charge is 2.13. The Kier molecular flexibility index (Phi) is 5.54. The average Bonchev–Trinajstić information content (AvgIpc) is 2.66. The van der Waals surface area contributed by atoms with Crippen molar-refractivity contribution in [1.82, 2.24) is 9.78 Å². The van der Waals surface area contributed by atoms with Crippen LogP contribution in [0, 0.1) is 5.92 Å². The predicted octanol–water partition coefficient (Wildman–Crippen LogP) is 2.71. The number of nitrogens with zero attached hydrogens (tertiary/aromatic N) is 2. The number of hydrogen-bond acceptors (Lipinski definition) is 4. The van der Waals surface area contributed by atoms with E-state index >= 15 is 0 Å². The van der Waals surface area contributed by atoms with Crippen LogP contribution in [0.1, 0.15) is 19.5 Å². The lowest BCUT2D eigenvalue weighted by molar-refractivity contribution is -0.119. The van der Waals surface area contributed by atoms with Gasteiger partial charge in [0.2, 0.25) is 11.8 Å². The van der Waals surface area contributed by atoms with Gasteiger partial charge >= 0.3 is 0 Å². The lowest BCUT2D eigenvalue weighted by Crippen LogP contribution is -2.24. The molecule has 3 aromatic rings. The van der Waals surface area contributed by atoms with Crippen molar-refractivity contribution in [3.63, 3.8) is 0 Å². The van der Waals surface area contributed by atoms with Crippen molar-refractivity contribution in [1.29, 1.82) is 0 Å². The van der Waals surface area contributed by atoms with Crippen LogP contribution in [0.15, 0.2) is 53.3 Å². The maximum Gasteiger partial charge on any atom is 0.274 e. The van der Waals surface area contributed by atoms with Crippen LogP contribution in [0.25, 0.3) is 10.8 Å². The Balaban J connectivity index is 1.78. The van der Waals surface area contributed by atoms with Gasteiger partial charge in [-0.1, -0.05) is 38.1 Å². The van der Waals surface area contributed by atoms with Gasteiger partial charge in [0.1, 0.15) is 0 Å². The van der Waals surface area contributed by atoms with E-state index in [4.69, 9.17) is 0 Å². The van der Waals surface area contributed by atoms with Crippen LogP contribution in [0.3, 0.4) is 0 Å². The Morgan fingerprint density at radius 3 is 2.32 bits per heavy atom. The molecule has 7 heteroatoms. The minimum absolute atomic E-state index is 0.0250. The van der Waals surface area contributed by atoms with E-state index in [9.17, 15) is 14.4 Å². The first-order chi connectivity index (χ1) is 13.3. The lowest BCUT2D eigenvalue weighted by Gasteiger charge is -2.11. The van der Waals surface area contributed by atoms with Crippen LogP contribution in [-0.4, -0.2) is 21.6 Å². The molecule has 1 heterocycles. The standard InChI is InChI=1S/C21H22N4O3/c1-13(2)20(27)23-15-8-6-7-14(11-15)22-19(26)12-18-16-9-4-5-10-17(16)21(28)25(3)24-18/h4-11,13H,12H2,1-3H3,(H,22,26)(H,23,27). The second-order valence-corrected chi connectivity index (χ2v) is 6.87. The molecule has 0 bridgehead atoms. The van der Waals surface area contributed by atoms with Crippen molar-refractivity contribution in [2.24, 2.45) is 13.0 Å². The van der Waals surface area contributed by atoms with Gasteiger partial charge in [-0.25, -0.2) is 4.68 Å². The molecule has 0 spiro atoms. The molecule has 0 aliphatic carbocycles. The zero-order chi connectivity index (χ0) is 20.3. The van der Waals surface area contributed by atoms with Gasteiger partial charge in [-0.3, -0.25) is 14.4 Å². The number of carbonyl (C=O) groups is 2. The van der Waals surface area contributed by atoms with Gasteiger partial charge in [-0.15, -0.1) is 0 Å². The molecule has 0 atom stereocenters. The Labute approximate surface area is 162 Å². The Hall–Kier alpha value is -3.48. The number of benzene rings is 2. The highest BCUT2D eigenvalue weighted by molar-refractivity contribution is 5.97. The molecule has 0 fully saturated rings. The third-order valence-electron chi connectivity index (χ3n) is 4.30. The molecule has 1 aromatic heterocycles. The number of anilines is 2. The molecule has 0 saturated heterocycles. The van der Waals surface area contributed by atoms with E-state index in [1.165, 1.54) is 4.68 Å². The first-order valence-electron chi connectivity index (χ1n) is 9.01. The Morgan fingerprint density at radius 1 is 1.00 bits per heavy atom. The molecule has 28 heavy (non-hydrogen) atoms. The van der Waals surface area contributed by atoms with E-state index < -0.39 is 0 Å². The molecule has 0 unspecified atom stereocenters. The Bertz CT molecular complexity index is 1100. The second kappa shape index (κ2) is 8.04. The number of aromatic nitrogens is 2. The minimum Gasteiger partial charge on any atom is -0.326 e. The molecule has 0 aliphatic heterocycles. The quantitative estimate of drug-likeness (QED) is 0.714. The summed E-state index contributed by atoms with van der Waals surface area (Å²) in [5.41, 5.74) is 1.51. The van der Waals surface area contributed by atoms with Crippen LogP contribution in [0.4, 0.5) is 11.4 Å². The summed E-state index contributed by atoms with van der Waals surface area (Å²) in [5, 5.41) is 11.1. The summed E-state index contributed by atoms with van der Waals surface area (Å²) in [7, 11) is 1.57. The van der Waals surface area contributed by atoms with Gasteiger partial charge in [-0.2, -0.15) is 5.10 Å². The van der Waals surface area contributed by atoms with E-state index in [1.807, 2.05) is 19.9 Å².